The van der Waals surface area contributed by atoms with Crippen LogP contribution in [0.15, 0.2) is 265 Å². The van der Waals surface area contributed by atoms with Crippen LogP contribution in [-0.4, -0.2) is 4.57 Å². The summed E-state index contributed by atoms with van der Waals surface area (Å²) in [5, 5.41) is 5.03. The molecule has 318 valence electrons. The van der Waals surface area contributed by atoms with Crippen LogP contribution in [0.25, 0.3) is 71.6 Å². The van der Waals surface area contributed by atoms with Crippen LogP contribution in [0.3, 0.4) is 0 Å². The van der Waals surface area contributed by atoms with Gasteiger partial charge in [-0.2, -0.15) is 0 Å². The van der Waals surface area contributed by atoms with Crippen molar-refractivity contribution >= 4 is 61.4 Å². The molecule has 1 aromatic heterocycles. The molecule has 1 aliphatic heterocycles. The van der Waals surface area contributed by atoms with Gasteiger partial charge in [0, 0.05) is 48.8 Å². The molecule has 2 aliphatic rings. The van der Waals surface area contributed by atoms with Crippen molar-refractivity contribution < 1.29 is 0 Å². The lowest BCUT2D eigenvalue weighted by atomic mass is 9.59. The van der Waals surface area contributed by atoms with Gasteiger partial charge in [-0.15, -0.1) is 0 Å². The Bertz CT molecular complexity index is 3890. The monoisotopic (exact) mass is 882 g/mol. The zero-order valence-electron chi connectivity index (χ0n) is 37.1. The number of fused-ring (bicyclic) bond motifs is 11. The fourth-order valence-corrected chi connectivity index (χ4v) is 12.8. The van der Waals surface area contributed by atoms with E-state index in [-0.39, 0.29) is 0 Å². The lowest BCUT2D eigenvalue weighted by Gasteiger charge is -2.46. The van der Waals surface area contributed by atoms with Crippen LogP contribution in [0.4, 0.5) is 17.1 Å². The maximum atomic E-state index is 2.56. The molecule has 0 N–H and O–H groups in total. The Hall–Kier alpha value is -8.37. The van der Waals surface area contributed by atoms with Crippen LogP contribution in [0.1, 0.15) is 22.3 Å². The summed E-state index contributed by atoms with van der Waals surface area (Å²) in [6, 6.07) is 94.7. The summed E-state index contributed by atoms with van der Waals surface area (Å²) >= 11 is 1.89. The zero-order chi connectivity index (χ0) is 44.8. The first kappa shape index (κ1) is 38.9. The van der Waals surface area contributed by atoms with E-state index in [0.717, 1.165) is 50.5 Å². The van der Waals surface area contributed by atoms with E-state index in [1.807, 2.05) is 11.8 Å². The number of hydrogen-bond donors (Lipinski definition) is 0. The number of para-hydroxylation sites is 3. The van der Waals surface area contributed by atoms with Gasteiger partial charge in [0.05, 0.1) is 22.1 Å². The van der Waals surface area contributed by atoms with Gasteiger partial charge in [-0.25, -0.2) is 0 Å². The molecule has 12 aromatic rings. The highest BCUT2D eigenvalue weighted by Gasteiger charge is 2.49. The highest BCUT2D eigenvalue weighted by atomic mass is 32.2. The Kier molecular flexibility index (Phi) is 8.77. The predicted octanol–water partition coefficient (Wildman–Crippen LogP) is 17.6. The Morgan fingerprint density at radius 3 is 1.68 bits per heavy atom. The van der Waals surface area contributed by atoms with E-state index < -0.39 is 5.41 Å². The Morgan fingerprint density at radius 2 is 0.897 bits per heavy atom. The molecule has 1 aliphatic carbocycles. The molecule has 0 bridgehead atoms. The van der Waals surface area contributed by atoms with Gasteiger partial charge in [0.1, 0.15) is 0 Å². The molecule has 1 spiro atoms. The van der Waals surface area contributed by atoms with Crippen molar-refractivity contribution in [3.8, 4) is 39.1 Å². The van der Waals surface area contributed by atoms with Crippen molar-refractivity contribution in [2.45, 2.75) is 15.2 Å². The van der Waals surface area contributed by atoms with E-state index in [1.54, 1.807) is 0 Å². The number of aromatic nitrogens is 1. The molecule has 2 heterocycles. The zero-order valence-corrected chi connectivity index (χ0v) is 37.9. The maximum Gasteiger partial charge on any atom is 0.0736 e. The standard InChI is InChI=1S/C65H42N2S/c1-4-19-43(20-5-1)49-29-18-30-50(44-21-6-2-7-22-44)64(49)66(48-37-39-53-52-28-11-14-35-59(52)67(60(53)42-48)46-25-8-3-9-26-46)47-38-40-62-58(41-47)65(56-33-13-15-36-61(56)68-62)55-32-12-10-27-51(55)54-31-16-23-45-24-17-34-57(65)63(45)54/h1-42H. The van der Waals surface area contributed by atoms with Gasteiger partial charge in [0.2, 0.25) is 0 Å². The lowest BCUT2D eigenvalue weighted by molar-refractivity contribution is 0.707. The molecule has 3 heteroatoms. The van der Waals surface area contributed by atoms with Crippen LogP contribution < -0.4 is 4.90 Å². The van der Waals surface area contributed by atoms with E-state index in [1.165, 1.54) is 70.2 Å². The fourth-order valence-electron chi connectivity index (χ4n) is 11.7. The van der Waals surface area contributed by atoms with Gasteiger partial charge in [0.15, 0.2) is 0 Å². The SMILES string of the molecule is c1ccc(-c2cccc(-c3ccccc3)c2N(c2ccc3c(c2)C2(c4ccccc4S3)c3ccccc3-c3cccc4cccc2c34)c2ccc3c4ccccc4n(-c4ccccc4)c3c2)cc1. The van der Waals surface area contributed by atoms with Crippen molar-refractivity contribution in [1.29, 1.82) is 0 Å². The van der Waals surface area contributed by atoms with Gasteiger partial charge in [-0.05, 0) is 110 Å². The summed E-state index contributed by atoms with van der Waals surface area (Å²) in [7, 11) is 0. The first-order valence-electron chi connectivity index (χ1n) is 23.4. The molecule has 1 atom stereocenters. The second kappa shape index (κ2) is 15.4. The Labute approximate surface area is 400 Å². The van der Waals surface area contributed by atoms with Gasteiger partial charge in [-0.3, -0.25) is 0 Å². The number of rotatable bonds is 6. The van der Waals surface area contributed by atoms with E-state index in [2.05, 4.69) is 264 Å². The smallest absolute Gasteiger partial charge is 0.0736 e. The minimum absolute atomic E-state index is 0.603. The molecule has 68 heavy (non-hydrogen) atoms. The highest BCUT2D eigenvalue weighted by molar-refractivity contribution is 7.99. The average Bonchev–Trinajstić information content (AvgIpc) is 3.74. The summed E-state index contributed by atoms with van der Waals surface area (Å²) in [6.07, 6.45) is 0. The quantitative estimate of drug-likeness (QED) is 0.164. The van der Waals surface area contributed by atoms with Gasteiger partial charge < -0.3 is 9.47 Å². The molecule has 0 amide bonds. The lowest BCUT2D eigenvalue weighted by Crippen LogP contribution is -2.36. The van der Waals surface area contributed by atoms with Crippen LogP contribution in [0.2, 0.25) is 0 Å². The van der Waals surface area contributed by atoms with E-state index in [0.29, 0.717) is 0 Å². The third kappa shape index (κ3) is 5.66. The van der Waals surface area contributed by atoms with Crippen molar-refractivity contribution in [3.05, 3.63) is 277 Å². The molecule has 0 radical (unpaired) electrons. The second-order valence-electron chi connectivity index (χ2n) is 17.9. The minimum Gasteiger partial charge on any atom is -0.309 e. The van der Waals surface area contributed by atoms with Crippen molar-refractivity contribution in [2.24, 2.45) is 0 Å². The van der Waals surface area contributed by atoms with E-state index in [4.69, 9.17) is 0 Å². The molecular weight excluding hydrogens is 841 g/mol. The largest absolute Gasteiger partial charge is 0.309 e. The Morgan fingerprint density at radius 1 is 0.353 bits per heavy atom. The minimum atomic E-state index is -0.603. The number of nitrogens with zero attached hydrogens (tertiary/aromatic N) is 2. The molecule has 14 rings (SSSR count). The predicted molar refractivity (Wildman–Crippen MR) is 285 cm³/mol. The summed E-state index contributed by atoms with van der Waals surface area (Å²) in [5.74, 6) is 0. The number of benzene rings is 11. The third-order valence-corrected chi connectivity index (χ3v) is 15.6. The topological polar surface area (TPSA) is 8.17 Å². The average molecular weight is 883 g/mol. The van der Waals surface area contributed by atoms with E-state index >= 15 is 0 Å². The molecule has 0 fully saturated rings. The van der Waals surface area contributed by atoms with Crippen molar-refractivity contribution in [1.82, 2.24) is 4.57 Å². The third-order valence-electron chi connectivity index (χ3n) is 14.4. The maximum absolute atomic E-state index is 2.56. The number of hydrogen-bond acceptors (Lipinski definition) is 2. The highest BCUT2D eigenvalue weighted by Crippen LogP contribution is 2.62. The normalized spacial score (nSPS) is 14.5. The van der Waals surface area contributed by atoms with Crippen LogP contribution in [0, 0.1) is 0 Å². The van der Waals surface area contributed by atoms with Crippen LogP contribution in [0.5, 0.6) is 0 Å². The number of anilines is 3. The molecule has 1 unspecified atom stereocenters. The molecular formula is C65H42N2S. The summed E-state index contributed by atoms with van der Waals surface area (Å²) < 4.78 is 2.43. The first-order chi connectivity index (χ1) is 33.8. The van der Waals surface area contributed by atoms with Gasteiger partial charge in [-0.1, -0.05) is 212 Å². The molecule has 0 saturated carbocycles. The Balaban J connectivity index is 1.12. The molecule has 11 aromatic carbocycles. The van der Waals surface area contributed by atoms with Crippen LogP contribution >= 0.6 is 11.8 Å². The summed E-state index contributed by atoms with van der Waals surface area (Å²) in [4.78, 5) is 5.10. The van der Waals surface area contributed by atoms with Gasteiger partial charge in [0.25, 0.3) is 0 Å². The van der Waals surface area contributed by atoms with Gasteiger partial charge >= 0.3 is 0 Å². The molecule has 2 nitrogen and oxygen atoms in total. The van der Waals surface area contributed by atoms with Crippen molar-refractivity contribution in [3.63, 3.8) is 0 Å². The van der Waals surface area contributed by atoms with Crippen LogP contribution in [-0.2, 0) is 5.41 Å². The summed E-state index contributed by atoms with van der Waals surface area (Å²) in [6.45, 7) is 0. The fraction of sp³-hybridized carbons (Fsp3) is 0.0154. The molecule has 0 saturated heterocycles. The second-order valence-corrected chi connectivity index (χ2v) is 19.0. The van der Waals surface area contributed by atoms with E-state index in [9.17, 15) is 0 Å². The first-order valence-corrected chi connectivity index (χ1v) is 24.2. The summed E-state index contributed by atoms with van der Waals surface area (Å²) in [5.41, 5.74) is 18.6. The van der Waals surface area contributed by atoms with Crippen molar-refractivity contribution in [2.75, 3.05) is 4.90 Å².